The molecule has 1 aromatic carbocycles. The molecule has 2 unspecified atom stereocenters. The second-order valence-corrected chi connectivity index (χ2v) is 6.98. The standard InChI is InChI=1S/C18H29N3/c1-15-11-19-12-16(2)14-21(13-15)18-7-5-17(6-8-18)20-9-3-4-10-20/h5-8,15-16,19H,3-4,9-14H2,1-2H3. The van der Waals surface area contributed by atoms with Crippen LogP contribution in [0.4, 0.5) is 11.4 Å². The Balaban J connectivity index is 1.71. The number of anilines is 2. The molecule has 0 aliphatic carbocycles. The summed E-state index contributed by atoms with van der Waals surface area (Å²) < 4.78 is 0. The van der Waals surface area contributed by atoms with Crippen LogP contribution in [0.1, 0.15) is 26.7 Å². The lowest BCUT2D eigenvalue weighted by Crippen LogP contribution is -2.42. The minimum absolute atomic E-state index is 0.704. The van der Waals surface area contributed by atoms with E-state index in [1.165, 1.54) is 37.3 Å². The van der Waals surface area contributed by atoms with Crippen molar-refractivity contribution in [2.75, 3.05) is 49.1 Å². The van der Waals surface area contributed by atoms with Crippen molar-refractivity contribution in [3.63, 3.8) is 0 Å². The van der Waals surface area contributed by atoms with Crippen LogP contribution in [0.25, 0.3) is 0 Å². The molecule has 0 spiro atoms. The van der Waals surface area contributed by atoms with E-state index in [1.54, 1.807) is 0 Å². The van der Waals surface area contributed by atoms with Gasteiger partial charge in [0.15, 0.2) is 0 Å². The lowest BCUT2D eigenvalue weighted by Gasteiger charge is -2.33. The summed E-state index contributed by atoms with van der Waals surface area (Å²) >= 11 is 0. The molecular formula is C18H29N3. The Hall–Kier alpha value is -1.22. The van der Waals surface area contributed by atoms with Gasteiger partial charge in [-0.25, -0.2) is 0 Å². The van der Waals surface area contributed by atoms with Crippen LogP contribution in [0.3, 0.4) is 0 Å². The zero-order valence-electron chi connectivity index (χ0n) is 13.5. The Morgan fingerprint density at radius 3 is 1.81 bits per heavy atom. The predicted octanol–water partition coefficient (Wildman–Crippen LogP) is 2.97. The summed E-state index contributed by atoms with van der Waals surface area (Å²) in [5, 5.41) is 3.57. The molecule has 3 rings (SSSR count). The zero-order valence-corrected chi connectivity index (χ0v) is 13.5. The number of rotatable bonds is 2. The fourth-order valence-corrected chi connectivity index (χ4v) is 3.59. The van der Waals surface area contributed by atoms with Crippen LogP contribution in [0.15, 0.2) is 24.3 Å². The Morgan fingerprint density at radius 2 is 1.29 bits per heavy atom. The van der Waals surface area contributed by atoms with Crippen molar-refractivity contribution in [3.8, 4) is 0 Å². The summed E-state index contributed by atoms with van der Waals surface area (Å²) in [7, 11) is 0. The smallest absolute Gasteiger partial charge is 0.0367 e. The summed E-state index contributed by atoms with van der Waals surface area (Å²) in [6, 6.07) is 9.27. The molecule has 0 radical (unpaired) electrons. The minimum Gasteiger partial charge on any atom is -0.372 e. The van der Waals surface area contributed by atoms with Gasteiger partial charge in [-0.1, -0.05) is 13.8 Å². The van der Waals surface area contributed by atoms with Crippen LogP contribution in [-0.2, 0) is 0 Å². The van der Waals surface area contributed by atoms with Crippen LogP contribution >= 0.6 is 0 Å². The van der Waals surface area contributed by atoms with Gasteiger partial charge in [-0.15, -0.1) is 0 Å². The molecule has 0 saturated carbocycles. The average Bonchev–Trinajstić information content (AvgIpc) is 2.99. The van der Waals surface area contributed by atoms with Crippen LogP contribution in [0, 0.1) is 11.8 Å². The summed E-state index contributed by atoms with van der Waals surface area (Å²) in [5.74, 6) is 1.41. The highest BCUT2D eigenvalue weighted by molar-refractivity contribution is 5.56. The maximum absolute atomic E-state index is 3.57. The molecule has 0 amide bonds. The first kappa shape index (κ1) is 14.7. The SMILES string of the molecule is CC1CNCC(C)CN(c2ccc(N3CCCC3)cc2)C1. The minimum atomic E-state index is 0.704. The molecule has 2 atom stereocenters. The second kappa shape index (κ2) is 6.69. The highest BCUT2D eigenvalue weighted by Crippen LogP contribution is 2.25. The normalized spacial score (nSPS) is 27.5. The van der Waals surface area contributed by atoms with E-state index in [-0.39, 0.29) is 0 Å². The number of hydrogen-bond acceptors (Lipinski definition) is 3. The van der Waals surface area contributed by atoms with Crippen molar-refractivity contribution >= 4 is 11.4 Å². The molecule has 3 nitrogen and oxygen atoms in total. The van der Waals surface area contributed by atoms with Gasteiger partial charge >= 0.3 is 0 Å². The molecule has 116 valence electrons. The maximum atomic E-state index is 3.57. The van der Waals surface area contributed by atoms with Gasteiger partial charge in [-0.2, -0.15) is 0 Å². The number of benzene rings is 1. The van der Waals surface area contributed by atoms with Gasteiger partial charge in [0.1, 0.15) is 0 Å². The molecule has 0 bridgehead atoms. The van der Waals surface area contributed by atoms with Gasteiger partial charge in [0.2, 0.25) is 0 Å². The lowest BCUT2D eigenvalue weighted by molar-refractivity contribution is 0.410. The van der Waals surface area contributed by atoms with E-state index < -0.39 is 0 Å². The molecule has 2 aliphatic heterocycles. The van der Waals surface area contributed by atoms with Gasteiger partial charge in [-0.05, 0) is 62.0 Å². The van der Waals surface area contributed by atoms with Gasteiger partial charge in [0.25, 0.3) is 0 Å². The van der Waals surface area contributed by atoms with E-state index in [0.717, 1.165) is 26.2 Å². The van der Waals surface area contributed by atoms with Crippen LogP contribution in [0.2, 0.25) is 0 Å². The maximum Gasteiger partial charge on any atom is 0.0367 e. The summed E-state index contributed by atoms with van der Waals surface area (Å²) in [6.45, 7) is 11.7. The third kappa shape index (κ3) is 3.70. The van der Waals surface area contributed by atoms with E-state index in [9.17, 15) is 0 Å². The Bertz CT molecular complexity index is 424. The molecule has 2 aliphatic rings. The molecule has 2 fully saturated rings. The largest absolute Gasteiger partial charge is 0.372 e. The highest BCUT2D eigenvalue weighted by Gasteiger charge is 2.18. The van der Waals surface area contributed by atoms with Crippen molar-refractivity contribution < 1.29 is 0 Å². The third-order valence-corrected chi connectivity index (χ3v) is 4.74. The van der Waals surface area contributed by atoms with Gasteiger partial charge in [0, 0.05) is 37.6 Å². The number of nitrogens with one attached hydrogen (secondary N) is 1. The monoisotopic (exact) mass is 287 g/mol. The molecule has 2 heterocycles. The molecule has 21 heavy (non-hydrogen) atoms. The summed E-state index contributed by atoms with van der Waals surface area (Å²) in [6.07, 6.45) is 2.69. The average molecular weight is 287 g/mol. The van der Waals surface area contributed by atoms with E-state index in [1.807, 2.05) is 0 Å². The van der Waals surface area contributed by atoms with Crippen LogP contribution in [0.5, 0.6) is 0 Å². The Kier molecular flexibility index (Phi) is 4.69. The first-order chi connectivity index (χ1) is 10.2. The third-order valence-electron chi connectivity index (χ3n) is 4.74. The zero-order chi connectivity index (χ0) is 14.7. The highest BCUT2D eigenvalue weighted by atomic mass is 15.2. The summed E-state index contributed by atoms with van der Waals surface area (Å²) in [4.78, 5) is 5.08. The van der Waals surface area contributed by atoms with Gasteiger partial charge in [-0.3, -0.25) is 0 Å². The first-order valence-electron chi connectivity index (χ1n) is 8.53. The Labute approximate surface area is 129 Å². The quantitative estimate of drug-likeness (QED) is 0.902. The molecule has 1 N–H and O–H groups in total. The van der Waals surface area contributed by atoms with Crippen molar-refractivity contribution in [2.45, 2.75) is 26.7 Å². The lowest BCUT2D eigenvalue weighted by atomic mass is 10.0. The molecule has 3 heteroatoms. The van der Waals surface area contributed by atoms with E-state index in [2.05, 4.69) is 53.2 Å². The molecule has 0 aromatic heterocycles. The summed E-state index contributed by atoms with van der Waals surface area (Å²) in [5.41, 5.74) is 2.78. The van der Waals surface area contributed by atoms with Crippen molar-refractivity contribution in [1.82, 2.24) is 5.32 Å². The molecular weight excluding hydrogens is 258 g/mol. The molecule has 2 saturated heterocycles. The fraction of sp³-hybridized carbons (Fsp3) is 0.667. The van der Waals surface area contributed by atoms with Crippen LogP contribution in [-0.4, -0.2) is 39.3 Å². The fourth-order valence-electron chi connectivity index (χ4n) is 3.59. The van der Waals surface area contributed by atoms with E-state index in [0.29, 0.717) is 11.8 Å². The van der Waals surface area contributed by atoms with Gasteiger partial charge in [0.05, 0.1) is 0 Å². The molecule has 1 aromatic rings. The second-order valence-electron chi connectivity index (χ2n) is 6.98. The van der Waals surface area contributed by atoms with Crippen molar-refractivity contribution in [3.05, 3.63) is 24.3 Å². The van der Waals surface area contributed by atoms with Gasteiger partial charge < -0.3 is 15.1 Å². The number of nitrogens with zero attached hydrogens (tertiary/aromatic N) is 2. The predicted molar refractivity (Wildman–Crippen MR) is 91.3 cm³/mol. The van der Waals surface area contributed by atoms with E-state index >= 15 is 0 Å². The topological polar surface area (TPSA) is 18.5 Å². The number of hydrogen-bond donors (Lipinski definition) is 1. The van der Waals surface area contributed by atoms with Crippen LogP contribution < -0.4 is 15.1 Å². The Morgan fingerprint density at radius 1 is 0.810 bits per heavy atom. The van der Waals surface area contributed by atoms with Crippen molar-refractivity contribution in [2.24, 2.45) is 11.8 Å². The first-order valence-corrected chi connectivity index (χ1v) is 8.53. The van der Waals surface area contributed by atoms with Crippen molar-refractivity contribution in [1.29, 1.82) is 0 Å². The van der Waals surface area contributed by atoms with E-state index in [4.69, 9.17) is 0 Å².